The van der Waals surface area contributed by atoms with Gasteiger partial charge in [0.1, 0.15) is 0 Å². The summed E-state index contributed by atoms with van der Waals surface area (Å²) in [5.74, 6) is 1.52. The Bertz CT molecular complexity index is 583. The van der Waals surface area contributed by atoms with Crippen LogP contribution in [0.3, 0.4) is 0 Å². The lowest BCUT2D eigenvalue weighted by Gasteiger charge is -2.37. The van der Waals surface area contributed by atoms with Crippen LogP contribution in [-0.4, -0.2) is 107 Å². The predicted octanol–water partition coefficient (Wildman–Crippen LogP) is 1.30. The lowest BCUT2D eigenvalue weighted by molar-refractivity contribution is 0.0904. The summed E-state index contributed by atoms with van der Waals surface area (Å²) >= 11 is 0. The van der Waals surface area contributed by atoms with E-state index in [0.717, 1.165) is 25.3 Å². The van der Waals surface area contributed by atoms with E-state index in [1.54, 1.807) is 11.4 Å². The first-order valence-electron chi connectivity index (χ1n) is 10.9. The maximum Gasteiger partial charge on any atom is 0.216 e. The highest BCUT2D eigenvalue weighted by atomic mass is 32.2. The van der Waals surface area contributed by atoms with Gasteiger partial charge in [-0.05, 0) is 33.9 Å². The van der Waals surface area contributed by atoms with Gasteiger partial charge in [-0.2, -0.15) is 4.31 Å². The minimum absolute atomic E-state index is 0.0398. The van der Waals surface area contributed by atoms with E-state index >= 15 is 0 Å². The second kappa shape index (κ2) is 12.7. The number of hydrogen-bond donors (Lipinski definition) is 1. The number of nitrogens with zero attached hydrogens (tertiary/aromatic N) is 4. The van der Waals surface area contributed by atoms with Crippen LogP contribution in [0.5, 0.6) is 0 Å². The van der Waals surface area contributed by atoms with Crippen LogP contribution in [0.4, 0.5) is 0 Å². The van der Waals surface area contributed by atoms with Crippen LogP contribution in [-0.2, 0) is 14.8 Å². The van der Waals surface area contributed by atoms with Gasteiger partial charge in [0.05, 0.1) is 18.5 Å². The first-order valence-corrected chi connectivity index (χ1v) is 12.5. The molecule has 9 heteroatoms. The fourth-order valence-corrected chi connectivity index (χ4v) is 5.11. The van der Waals surface area contributed by atoms with Crippen molar-refractivity contribution in [3.05, 3.63) is 0 Å². The second-order valence-corrected chi connectivity index (χ2v) is 10.2. The van der Waals surface area contributed by atoms with Crippen molar-refractivity contribution in [2.75, 3.05) is 66.2 Å². The summed E-state index contributed by atoms with van der Waals surface area (Å²) in [5, 5.41) is 3.52. The molecule has 0 saturated carbocycles. The molecular weight excluding hydrogens is 390 g/mol. The maximum absolute atomic E-state index is 12.5. The number of sulfonamides is 1. The Morgan fingerprint density at radius 1 is 1.14 bits per heavy atom. The molecule has 1 rings (SSSR count). The van der Waals surface area contributed by atoms with Gasteiger partial charge in [0.15, 0.2) is 5.96 Å². The fraction of sp³-hybridized carbons (Fsp3) is 0.950. The molecule has 1 heterocycles. The molecule has 29 heavy (non-hydrogen) atoms. The molecule has 1 fully saturated rings. The van der Waals surface area contributed by atoms with E-state index in [9.17, 15) is 8.42 Å². The average molecular weight is 434 g/mol. The summed E-state index contributed by atoms with van der Waals surface area (Å²) in [4.78, 5) is 8.86. The highest BCUT2D eigenvalue weighted by Gasteiger charge is 2.28. The minimum Gasteiger partial charge on any atom is -0.378 e. The maximum atomic E-state index is 12.5. The number of piperazine rings is 1. The molecule has 0 aliphatic carbocycles. The summed E-state index contributed by atoms with van der Waals surface area (Å²) in [7, 11) is 2.76. The van der Waals surface area contributed by atoms with Gasteiger partial charge >= 0.3 is 0 Å². The van der Waals surface area contributed by atoms with Gasteiger partial charge in [-0.25, -0.2) is 8.42 Å². The Morgan fingerprint density at radius 2 is 1.72 bits per heavy atom. The predicted molar refractivity (Wildman–Crippen MR) is 121 cm³/mol. The van der Waals surface area contributed by atoms with Gasteiger partial charge in [-0.1, -0.05) is 26.7 Å². The summed E-state index contributed by atoms with van der Waals surface area (Å²) in [6.45, 7) is 11.6. The van der Waals surface area contributed by atoms with Crippen LogP contribution in [0, 0.1) is 5.92 Å². The zero-order valence-electron chi connectivity index (χ0n) is 19.5. The second-order valence-electron chi connectivity index (χ2n) is 8.16. The number of aliphatic imine (C=N–C) groups is 1. The Hall–Kier alpha value is -0.900. The van der Waals surface area contributed by atoms with Gasteiger partial charge in [-0.3, -0.25) is 4.99 Å². The first-order chi connectivity index (χ1) is 13.7. The highest BCUT2D eigenvalue weighted by Crippen LogP contribution is 2.16. The third-order valence-electron chi connectivity index (χ3n) is 5.66. The number of ether oxygens (including phenoxy) is 1. The molecule has 1 atom stereocenters. The molecule has 0 spiro atoms. The Morgan fingerprint density at radius 3 is 2.17 bits per heavy atom. The van der Waals surface area contributed by atoms with E-state index < -0.39 is 10.0 Å². The molecule has 0 aromatic carbocycles. The van der Waals surface area contributed by atoms with Crippen LogP contribution in [0.2, 0.25) is 0 Å². The quantitative estimate of drug-likeness (QED) is 0.391. The SMILES string of the molecule is CCC(CC)C(CNC(=NC)N1CCN(S(=O)(=O)CCOC(C)C)CC1)N(C)C. The zero-order valence-corrected chi connectivity index (χ0v) is 20.3. The van der Waals surface area contributed by atoms with Crippen molar-refractivity contribution < 1.29 is 13.2 Å². The Kier molecular flexibility index (Phi) is 11.5. The van der Waals surface area contributed by atoms with Gasteiger partial charge in [0.2, 0.25) is 10.0 Å². The molecule has 172 valence electrons. The molecule has 0 bridgehead atoms. The summed E-state index contributed by atoms with van der Waals surface area (Å²) in [6.07, 6.45) is 2.34. The average Bonchev–Trinajstić information content (AvgIpc) is 2.67. The van der Waals surface area contributed by atoms with Crippen LogP contribution < -0.4 is 5.32 Å². The molecule has 0 aromatic rings. The van der Waals surface area contributed by atoms with Crippen LogP contribution in [0.15, 0.2) is 4.99 Å². The molecule has 1 aliphatic rings. The Balaban J connectivity index is 2.59. The monoisotopic (exact) mass is 433 g/mol. The van der Waals surface area contributed by atoms with E-state index in [0.29, 0.717) is 38.1 Å². The normalized spacial score (nSPS) is 18.1. The van der Waals surface area contributed by atoms with Crippen molar-refractivity contribution in [1.29, 1.82) is 0 Å². The zero-order chi connectivity index (χ0) is 22.0. The molecule has 1 N–H and O–H groups in total. The summed E-state index contributed by atoms with van der Waals surface area (Å²) in [5.41, 5.74) is 0. The number of likely N-dealkylation sites (N-methyl/N-ethyl adjacent to an activating group) is 1. The molecule has 0 radical (unpaired) electrons. The minimum atomic E-state index is -3.28. The molecule has 8 nitrogen and oxygen atoms in total. The van der Waals surface area contributed by atoms with Crippen LogP contribution in [0.1, 0.15) is 40.5 Å². The topological polar surface area (TPSA) is 77.5 Å². The summed E-state index contributed by atoms with van der Waals surface area (Å²) in [6, 6.07) is 0.435. The smallest absolute Gasteiger partial charge is 0.216 e. The van der Waals surface area contributed by atoms with Gasteiger partial charge < -0.3 is 19.9 Å². The van der Waals surface area contributed by atoms with E-state index in [2.05, 4.69) is 48.1 Å². The molecule has 1 saturated heterocycles. The van der Waals surface area contributed by atoms with E-state index in [1.807, 2.05) is 13.8 Å². The number of hydrogen-bond acceptors (Lipinski definition) is 5. The third kappa shape index (κ3) is 8.39. The molecule has 1 aliphatic heterocycles. The van der Waals surface area contributed by atoms with Crippen molar-refractivity contribution in [1.82, 2.24) is 19.4 Å². The van der Waals surface area contributed by atoms with Gasteiger partial charge in [0, 0.05) is 45.8 Å². The van der Waals surface area contributed by atoms with E-state index in [-0.39, 0.29) is 18.5 Å². The first kappa shape index (κ1) is 26.1. The van der Waals surface area contributed by atoms with Crippen molar-refractivity contribution in [2.45, 2.75) is 52.7 Å². The van der Waals surface area contributed by atoms with Crippen molar-refractivity contribution in [3.8, 4) is 0 Å². The van der Waals surface area contributed by atoms with Crippen molar-refractivity contribution in [3.63, 3.8) is 0 Å². The molecule has 1 unspecified atom stereocenters. The van der Waals surface area contributed by atoms with E-state index in [4.69, 9.17) is 4.74 Å². The highest BCUT2D eigenvalue weighted by molar-refractivity contribution is 7.89. The van der Waals surface area contributed by atoms with Gasteiger partial charge in [-0.15, -0.1) is 0 Å². The lowest BCUT2D eigenvalue weighted by atomic mass is 9.93. The molecule has 0 amide bonds. The van der Waals surface area contributed by atoms with Crippen molar-refractivity contribution in [2.24, 2.45) is 10.9 Å². The third-order valence-corrected chi connectivity index (χ3v) is 7.50. The number of guanidine groups is 1. The summed E-state index contributed by atoms with van der Waals surface area (Å²) < 4.78 is 32.0. The molecule has 0 aromatic heterocycles. The lowest BCUT2D eigenvalue weighted by Crippen LogP contribution is -2.56. The number of rotatable bonds is 11. The fourth-order valence-electron chi connectivity index (χ4n) is 3.83. The Labute approximate surface area is 178 Å². The number of nitrogens with one attached hydrogen (secondary N) is 1. The largest absolute Gasteiger partial charge is 0.378 e. The van der Waals surface area contributed by atoms with Gasteiger partial charge in [0.25, 0.3) is 0 Å². The molecular formula is C20H43N5O3S. The van der Waals surface area contributed by atoms with Crippen LogP contribution >= 0.6 is 0 Å². The van der Waals surface area contributed by atoms with E-state index in [1.165, 1.54) is 0 Å². The van der Waals surface area contributed by atoms with Crippen molar-refractivity contribution >= 4 is 16.0 Å². The standard InChI is InChI=1S/C20H43N5O3S/c1-8-18(9-2)19(23(6)7)16-22-20(21-5)24-10-12-25(13-11-24)29(26,27)15-14-28-17(3)4/h17-19H,8-16H2,1-7H3,(H,21,22). The van der Waals surface area contributed by atoms with Crippen LogP contribution in [0.25, 0.3) is 0 Å².